The van der Waals surface area contributed by atoms with Gasteiger partial charge in [-0.25, -0.2) is 0 Å². The van der Waals surface area contributed by atoms with Crippen molar-refractivity contribution in [3.63, 3.8) is 0 Å². The molecule has 1 N–H and O–H groups in total. The Labute approximate surface area is 161 Å². The number of alkyl halides is 3. The molecule has 0 saturated carbocycles. The lowest BCUT2D eigenvalue weighted by Crippen LogP contribution is -2.41. The molecule has 1 fully saturated rings. The lowest BCUT2D eigenvalue weighted by Gasteiger charge is -2.32. The predicted octanol–water partition coefficient (Wildman–Crippen LogP) is 4.32. The Morgan fingerprint density at radius 2 is 1.37 bits per heavy atom. The quantitative estimate of drug-likeness (QED) is 0.783. The molecule has 1 atom stereocenters. The molecule has 0 amide bonds. The van der Waals surface area contributed by atoms with Gasteiger partial charge in [0.1, 0.15) is 10.5 Å². The molecule has 0 spiro atoms. The number of thiophene rings is 1. The van der Waals surface area contributed by atoms with E-state index < -0.39 is 35.0 Å². The Hall–Kier alpha value is -1.35. The van der Waals surface area contributed by atoms with Gasteiger partial charge in [0, 0.05) is 4.88 Å². The van der Waals surface area contributed by atoms with Gasteiger partial charge in [-0.3, -0.25) is 0 Å². The molecule has 1 saturated heterocycles. The predicted molar refractivity (Wildman–Crippen MR) is 100 cm³/mol. The fourth-order valence-corrected chi connectivity index (χ4v) is 3.78. The molecule has 3 nitrogen and oxygen atoms in total. The minimum absolute atomic E-state index is 0.234. The molecule has 1 unspecified atom stereocenters. The average Bonchev–Trinajstić information content (AvgIpc) is 3.11. The first-order valence-corrected chi connectivity index (χ1v) is 9.42. The summed E-state index contributed by atoms with van der Waals surface area (Å²) in [4.78, 5) is -0.496. The lowest BCUT2D eigenvalue weighted by atomic mass is 9.78. The van der Waals surface area contributed by atoms with Gasteiger partial charge in [0.25, 0.3) is 0 Å². The molecule has 3 rings (SSSR count). The van der Waals surface area contributed by atoms with Crippen LogP contribution in [0, 0.1) is 0 Å². The third kappa shape index (κ3) is 3.68. The van der Waals surface area contributed by atoms with Crippen LogP contribution < -0.4 is 5.46 Å². The van der Waals surface area contributed by atoms with Gasteiger partial charge in [0.05, 0.1) is 11.2 Å². The highest BCUT2D eigenvalue weighted by atomic mass is 32.1. The maximum absolute atomic E-state index is 12.8. The summed E-state index contributed by atoms with van der Waals surface area (Å²) in [7, 11) is -0.535. The maximum Gasteiger partial charge on any atom is 0.494 e. The van der Waals surface area contributed by atoms with Gasteiger partial charge >= 0.3 is 13.3 Å². The van der Waals surface area contributed by atoms with Crippen LogP contribution in [0.4, 0.5) is 13.2 Å². The minimum atomic E-state index is -4.42. The van der Waals surface area contributed by atoms with Crippen LogP contribution in [-0.2, 0) is 21.1 Å². The van der Waals surface area contributed by atoms with Gasteiger partial charge in [0.2, 0.25) is 0 Å². The van der Waals surface area contributed by atoms with E-state index in [0.29, 0.717) is 16.9 Å². The Bertz CT molecular complexity index is 809. The molecule has 0 radical (unpaired) electrons. The molecule has 2 heterocycles. The fraction of sp³-hybridized carbons (Fsp3) is 0.474. The van der Waals surface area contributed by atoms with Crippen LogP contribution in [0.15, 0.2) is 36.4 Å². The second-order valence-electron chi connectivity index (χ2n) is 7.94. The molecule has 146 valence electrons. The Kier molecular flexibility index (Phi) is 4.79. The lowest BCUT2D eigenvalue weighted by molar-refractivity contribution is -0.134. The molecule has 1 aliphatic rings. The highest BCUT2D eigenvalue weighted by molar-refractivity contribution is 7.12. The maximum atomic E-state index is 12.8. The summed E-state index contributed by atoms with van der Waals surface area (Å²) in [6.07, 6.45) is -4.42. The third-order valence-electron chi connectivity index (χ3n) is 5.36. The van der Waals surface area contributed by atoms with E-state index in [0.717, 1.165) is 11.5 Å². The molecular formula is C19H22BF3O3S. The topological polar surface area (TPSA) is 38.7 Å². The van der Waals surface area contributed by atoms with Crippen LogP contribution in [0.5, 0.6) is 0 Å². The molecule has 0 aliphatic carbocycles. The van der Waals surface area contributed by atoms with Gasteiger partial charge in [0.15, 0.2) is 0 Å². The van der Waals surface area contributed by atoms with Gasteiger partial charge < -0.3 is 14.4 Å². The summed E-state index contributed by atoms with van der Waals surface area (Å²) in [5.74, 6) is 0. The largest absolute Gasteiger partial charge is 0.494 e. The van der Waals surface area contributed by atoms with E-state index in [9.17, 15) is 18.3 Å². The first kappa shape index (κ1) is 20.4. The van der Waals surface area contributed by atoms with Crippen molar-refractivity contribution >= 4 is 23.9 Å². The first-order chi connectivity index (χ1) is 12.2. The van der Waals surface area contributed by atoms with Gasteiger partial charge in [-0.1, -0.05) is 24.3 Å². The van der Waals surface area contributed by atoms with Crippen molar-refractivity contribution in [3.8, 4) is 0 Å². The normalized spacial score (nSPS) is 21.3. The zero-order valence-corrected chi connectivity index (χ0v) is 16.7. The van der Waals surface area contributed by atoms with Crippen molar-refractivity contribution in [2.45, 2.75) is 57.6 Å². The summed E-state index contributed by atoms with van der Waals surface area (Å²) >= 11 is 0.546. The second-order valence-corrected chi connectivity index (χ2v) is 9.03. The Morgan fingerprint density at radius 1 is 0.889 bits per heavy atom. The van der Waals surface area contributed by atoms with E-state index in [1.54, 1.807) is 24.3 Å². The Morgan fingerprint density at radius 3 is 1.81 bits per heavy atom. The number of hydrogen-bond donors (Lipinski definition) is 1. The molecule has 1 aromatic carbocycles. The van der Waals surface area contributed by atoms with E-state index >= 15 is 0 Å². The summed E-state index contributed by atoms with van der Waals surface area (Å²) in [5.41, 5.74) is -1.17. The number of halogens is 3. The van der Waals surface area contributed by atoms with Crippen molar-refractivity contribution < 1.29 is 27.6 Å². The third-order valence-corrected chi connectivity index (χ3v) is 6.70. The molecule has 27 heavy (non-hydrogen) atoms. The van der Waals surface area contributed by atoms with Gasteiger partial charge in [-0.05, 0) is 57.8 Å². The van der Waals surface area contributed by atoms with E-state index in [1.807, 2.05) is 27.7 Å². The second kappa shape index (κ2) is 6.34. The molecule has 1 aromatic heterocycles. The summed E-state index contributed by atoms with van der Waals surface area (Å²) in [6.45, 7) is 9.33. The highest BCUT2D eigenvalue weighted by Crippen LogP contribution is 2.40. The monoisotopic (exact) mass is 398 g/mol. The van der Waals surface area contributed by atoms with Gasteiger partial charge in [-0.15, -0.1) is 11.3 Å². The molecular weight excluding hydrogens is 376 g/mol. The van der Waals surface area contributed by atoms with Crippen LogP contribution in [0.25, 0.3) is 0 Å². The summed E-state index contributed by atoms with van der Waals surface area (Å²) < 4.78 is 50.5. The zero-order chi connectivity index (χ0) is 20.3. The van der Waals surface area contributed by atoms with Crippen LogP contribution >= 0.6 is 11.3 Å². The van der Waals surface area contributed by atoms with E-state index in [4.69, 9.17) is 9.31 Å². The smallest absolute Gasteiger partial charge is 0.399 e. The number of benzene rings is 1. The standard InChI is InChI=1S/C19H22BF3O3S/c1-16(2)17(3,4)26-20(25-16)13-8-6-12(7-9-13)18(5,24)14-10-11-15(27-14)19(21,22)23/h6-11,24H,1-5H3. The SMILES string of the molecule is CC(O)(c1ccc(B2OC(C)(C)C(C)(C)O2)cc1)c1ccc(C(F)(F)F)s1. The number of aliphatic hydroxyl groups is 1. The fourth-order valence-electron chi connectivity index (χ4n) is 2.84. The zero-order valence-electron chi connectivity index (χ0n) is 15.8. The van der Waals surface area contributed by atoms with E-state index in [-0.39, 0.29) is 4.88 Å². The van der Waals surface area contributed by atoms with Crippen molar-refractivity contribution in [2.24, 2.45) is 0 Å². The molecule has 1 aliphatic heterocycles. The van der Waals surface area contributed by atoms with Crippen molar-refractivity contribution in [1.82, 2.24) is 0 Å². The van der Waals surface area contributed by atoms with Crippen LogP contribution in [0.1, 0.15) is 49.9 Å². The molecule has 8 heteroatoms. The van der Waals surface area contributed by atoms with E-state index in [1.165, 1.54) is 13.0 Å². The highest BCUT2D eigenvalue weighted by Gasteiger charge is 2.51. The minimum Gasteiger partial charge on any atom is -0.399 e. The van der Waals surface area contributed by atoms with Crippen molar-refractivity contribution in [2.75, 3.05) is 0 Å². The summed E-state index contributed by atoms with van der Waals surface area (Å²) in [5, 5.41) is 10.8. The molecule has 0 bridgehead atoms. The van der Waals surface area contributed by atoms with E-state index in [2.05, 4.69) is 0 Å². The van der Waals surface area contributed by atoms with Crippen LogP contribution in [0.3, 0.4) is 0 Å². The Balaban J connectivity index is 1.84. The summed E-state index contributed by atoms with van der Waals surface area (Å²) in [6, 6.07) is 9.22. The van der Waals surface area contributed by atoms with Crippen molar-refractivity contribution in [1.29, 1.82) is 0 Å². The first-order valence-electron chi connectivity index (χ1n) is 8.60. The van der Waals surface area contributed by atoms with Crippen LogP contribution in [-0.4, -0.2) is 23.4 Å². The number of rotatable bonds is 3. The number of hydrogen-bond acceptors (Lipinski definition) is 4. The molecule has 2 aromatic rings. The van der Waals surface area contributed by atoms with Gasteiger partial charge in [-0.2, -0.15) is 13.2 Å². The average molecular weight is 398 g/mol. The van der Waals surface area contributed by atoms with Crippen LogP contribution in [0.2, 0.25) is 0 Å². The van der Waals surface area contributed by atoms with Crippen molar-refractivity contribution in [3.05, 3.63) is 51.7 Å².